The summed E-state index contributed by atoms with van der Waals surface area (Å²) < 4.78 is 17.4. The fraction of sp³-hybridized carbons (Fsp3) is 0.788. The summed E-state index contributed by atoms with van der Waals surface area (Å²) >= 11 is 0. The third kappa shape index (κ3) is 5.53. The topological polar surface area (TPSA) is 115 Å². The number of hydrogen-bond donors (Lipinski definition) is 3. The summed E-state index contributed by atoms with van der Waals surface area (Å²) in [5, 5.41) is 22.8. The molecule has 0 amide bonds. The molecule has 4 aliphatic carbocycles. The van der Waals surface area contributed by atoms with E-state index in [1.165, 1.54) is 11.6 Å². The zero-order chi connectivity index (χ0) is 30.2. The van der Waals surface area contributed by atoms with Gasteiger partial charge in [-0.25, -0.2) is 4.79 Å². The van der Waals surface area contributed by atoms with Crippen LogP contribution in [0, 0.1) is 28.6 Å². The molecule has 7 nitrogen and oxygen atoms in total. The van der Waals surface area contributed by atoms with Crippen LogP contribution in [-0.4, -0.2) is 53.6 Å². The molecule has 6 rings (SSSR count). The maximum atomic E-state index is 12.4. The lowest BCUT2D eigenvalue weighted by atomic mass is 9.45. The van der Waals surface area contributed by atoms with Gasteiger partial charge in [0.2, 0.25) is 0 Å². The van der Waals surface area contributed by atoms with Gasteiger partial charge in [-0.2, -0.15) is 0 Å². The van der Waals surface area contributed by atoms with Crippen LogP contribution in [0.15, 0.2) is 39.3 Å². The van der Waals surface area contributed by atoms with Crippen molar-refractivity contribution < 1.29 is 24.1 Å². The minimum Gasteiger partial charge on any atom is -0.431 e. The quantitative estimate of drug-likeness (QED) is 0.319. The largest absolute Gasteiger partial charge is 0.431 e. The Morgan fingerprint density at radius 1 is 1.05 bits per heavy atom. The molecule has 1 saturated heterocycles. The average molecular weight is 592 g/mol. The smallest absolute Gasteiger partial charge is 0.335 e. The van der Waals surface area contributed by atoms with E-state index in [-0.39, 0.29) is 46.4 Å². The van der Waals surface area contributed by atoms with E-state index in [0.29, 0.717) is 12.5 Å². The Labute approximate surface area is 248 Å². The predicted octanol–water partition coefficient (Wildman–Crippen LogP) is 5.38. The monoisotopic (exact) mass is 591 g/mol. The number of rotatable bonds is 3. The number of nitrogens with two attached hydrogens (primary N) is 1. The molecule has 0 aromatic carbocycles. The number of hydrogen-bond acceptors (Lipinski definition) is 7. The summed E-state index contributed by atoms with van der Waals surface area (Å²) in [6.07, 6.45) is 10.6. The molecule has 0 spiro atoms. The van der Waals surface area contributed by atoms with Crippen LogP contribution < -0.4 is 11.4 Å². The Morgan fingerprint density at radius 3 is 2.46 bits per heavy atom. The molecular weight excluding hydrogens is 537 g/mol. The third-order valence-electron chi connectivity index (χ3n) is 11.6. The maximum absolute atomic E-state index is 12.4. The normalized spacial score (nSPS) is 45.0. The fourth-order valence-electron chi connectivity index (χ4n) is 9.22. The van der Waals surface area contributed by atoms with E-state index in [4.69, 9.17) is 19.6 Å². The van der Waals surface area contributed by atoms with Crippen LogP contribution in [0.5, 0.6) is 0 Å². The lowest BCUT2D eigenvalue weighted by Gasteiger charge is -2.62. The van der Waals surface area contributed by atoms with Crippen molar-refractivity contribution in [2.24, 2.45) is 34.3 Å². The van der Waals surface area contributed by atoms with Crippen molar-refractivity contribution in [1.82, 2.24) is 0 Å². The molecule has 3 saturated carbocycles. The summed E-state index contributed by atoms with van der Waals surface area (Å²) in [6, 6.07) is 3.04. The van der Waals surface area contributed by atoms with E-state index in [9.17, 15) is 15.0 Å². The molecule has 7 unspecified atom stereocenters. The van der Waals surface area contributed by atoms with Gasteiger partial charge in [0, 0.05) is 17.4 Å². The average Bonchev–Trinajstić information content (AvgIpc) is 3.27. The molecule has 41 heavy (non-hydrogen) atoms. The van der Waals surface area contributed by atoms with Crippen molar-refractivity contribution in [3.05, 3.63) is 46.0 Å². The Balaban J connectivity index is 0.000000929. The molecule has 232 valence electrons. The van der Waals surface area contributed by atoms with Crippen LogP contribution in [-0.2, 0) is 9.47 Å². The molecule has 2 heterocycles. The van der Waals surface area contributed by atoms with Crippen LogP contribution in [0.4, 0.5) is 0 Å². The molecule has 1 aliphatic heterocycles. The van der Waals surface area contributed by atoms with E-state index in [1.54, 1.807) is 6.26 Å². The van der Waals surface area contributed by atoms with Gasteiger partial charge in [0.25, 0.3) is 0 Å². The van der Waals surface area contributed by atoms with Gasteiger partial charge in [-0.3, -0.25) is 0 Å². The van der Waals surface area contributed by atoms with Gasteiger partial charge in [0.15, 0.2) is 6.29 Å². The van der Waals surface area contributed by atoms with Crippen molar-refractivity contribution in [3.8, 4) is 0 Å². The molecular formula is C33H54NO6P. The SMILES string of the molecule is CC.CP.C[C@@H]1C(O[C@@H]2C=C3CCC4C(CCC5(C)[C@@H](c6ccc(=O)oc6)CCC45O)[C@@]3(C)CC2)OC[C@H](N)C1O. The third-order valence-corrected chi connectivity index (χ3v) is 11.6. The van der Waals surface area contributed by atoms with Crippen molar-refractivity contribution >= 4 is 9.24 Å². The Bertz CT molecular complexity index is 1100. The summed E-state index contributed by atoms with van der Waals surface area (Å²) in [6.45, 7) is 12.9. The summed E-state index contributed by atoms with van der Waals surface area (Å²) in [5.41, 5.74) is 7.28. The lowest BCUT2D eigenvalue weighted by Crippen LogP contribution is -2.60. The first-order valence-electron chi connectivity index (χ1n) is 15.9. The first-order valence-corrected chi connectivity index (χ1v) is 17.0. The standard InChI is InChI=1S/C30H43NO6.C2H6.CH5P/c1-17-26(33)24(31)16-36-27(17)37-20-8-11-28(2)19(14-20)5-6-23-22(28)9-12-29(3)21(10-13-30(23,29)34)18-4-7-25(32)35-15-18;2*1-2/h4,7,14-15,17,20-24,26-27,33-34H,5-6,8-13,16,31H2,1-3H3;1-2H3;2H2,1H3/t17-,20-,21+,22?,23?,24-,26?,27?,28-,29?,30?;;/m0../s1. The van der Waals surface area contributed by atoms with Gasteiger partial charge in [-0.05, 0) is 86.2 Å². The highest BCUT2D eigenvalue weighted by Crippen LogP contribution is 2.70. The van der Waals surface area contributed by atoms with E-state index in [1.807, 2.05) is 33.5 Å². The molecule has 1 aromatic heterocycles. The first kappa shape index (κ1) is 32.8. The highest BCUT2D eigenvalue weighted by Gasteiger charge is 2.66. The highest BCUT2D eigenvalue weighted by molar-refractivity contribution is 7.15. The van der Waals surface area contributed by atoms with Crippen LogP contribution in [0.2, 0.25) is 0 Å². The minimum absolute atomic E-state index is 0.0193. The Kier molecular flexibility index (Phi) is 10.3. The number of aliphatic hydroxyl groups excluding tert-OH is 1. The van der Waals surface area contributed by atoms with Crippen LogP contribution in [0.3, 0.4) is 0 Å². The number of fused-ring (bicyclic) bond motifs is 5. The van der Waals surface area contributed by atoms with Crippen LogP contribution in [0.1, 0.15) is 97.5 Å². The second-order valence-corrected chi connectivity index (χ2v) is 13.1. The van der Waals surface area contributed by atoms with E-state index in [0.717, 1.165) is 56.9 Å². The predicted molar refractivity (Wildman–Crippen MR) is 166 cm³/mol. The highest BCUT2D eigenvalue weighted by atomic mass is 31.0. The number of ether oxygens (including phenoxy) is 2. The molecule has 8 heteroatoms. The van der Waals surface area contributed by atoms with Gasteiger partial charge in [-0.15, -0.1) is 9.24 Å². The van der Waals surface area contributed by atoms with Gasteiger partial charge in [-0.1, -0.05) is 52.9 Å². The van der Waals surface area contributed by atoms with E-state index >= 15 is 0 Å². The minimum atomic E-state index is -0.709. The van der Waals surface area contributed by atoms with Crippen LogP contribution in [0.25, 0.3) is 0 Å². The van der Waals surface area contributed by atoms with E-state index < -0.39 is 18.0 Å². The summed E-state index contributed by atoms with van der Waals surface area (Å²) in [5.74, 6) is 0.760. The number of allylic oxidation sites excluding steroid dienone is 1. The van der Waals surface area contributed by atoms with Crippen molar-refractivity contribution in [3.63, 3.8) is 0 Å². The van der Waals surface area contributed by atoms with Crippen LogP contribution >= 0.6 is 9.24 Å². The van der Waals surface area contributed by atoms with Gasteiger partial charge in [0.1, 0.15) is 0 Å². The van der Waals surface area contributed by atoms with Gasteiger partial charge >= 0.3 is 5.63 Å². The zero-order valence-electron chi connectivity index (χ0n) is 26.0. The first-order chi connectivity index (χ1) is 19.6. The summed E-state index contributed by atoms with van der Waals surface area (Å²) in [7, 11) is 2.42. The lowest BCUT2D eigenvalue weighted by molar-refractivity contribution is -0.236. The summed E-state index contributed by atoms with van der Waals surface area (Å²) in [4.78, 5) is 11.5. The zero-order valence-corrected chi connectivity index (χ0v) is 27.1. The molecule has 0 radical (unpaired) electrons. The van der Waals surface area contributed by atoms with E-state index in [2.05, 4.69) is 29.2 Å². The molecule has 4 N–H and O–H groups in total. The second kappa shape index (κ2) is 12.9. The van der Waals surface area contributed by atoms with Crippen molar-refractivity contribution in [2.45, 2.75) is 122 Å². The Morgan fingerprint density at radius 2 is 1.78 bits per heavy atom. The van der Waals surface area contributed by atoms with Gasteiger partial charge in [0.05, 0.1) is 36.7 Å². The maximum Gasteiger partial charge on any atom is 0.335 e. The van der Waals surface area contributed by atoms with Gasteiger partial charge < -0.3 is 29.8 Å². The Hall–Kier alpha value is -1.08. The molecule has 0 bridgehead atoms. The second-order valence-electron chi connectivity index (χ2n) is 13.1. The molecule has 5 aliphatic rings. The number of aliphatic hydroxyl groups is 2. The van der Waals surface area contributed by atoms with Crippen molar-refractivity contribution in [2.75, 3.05) is 13.3 Å². The molecule has 1 aromatic rings. The molecule has 4 fully saturated rings. The van der Waals surface area contributed by atoms with Crippen molar-refractivity contribution in [1.29, 1.82) is 0 Å². The molecule has 12 atom stereocenters. The fourth-order valence-corrected chi connectivity index (χ4v) is 9.22.